The van der Waals surface area contributed by atoms with Crippen LogP contribution in [0.5, 0.6) is 5.75 Å². The van der Waals surface area contributed by atoms with Gasteiger partial charge in [0.25, 0.3) is 0 Å². The molecule has 2 aliphatic heterocycles. The van der Waals surface area contributed by atoms with E-state index in [-0.39, 0.29) is 40.1 Å². The summed E-state index contributed by atoms with van der Waals surface area (Å²) in [4.78, 5) is 17.0. The van der Waals surface area contributed by atoms with Gasteiger partial charge in [-0.2, -0.15) is 0 Å². The van der Waals surface area contributed by atoms with Gasteiger partial charge in [0, 0.05) is 49.0 Å². The van der Waals surface area contributed by atoms with E-state index in [1.807, 2.05) is 4.90 Å². The van der Waals surface area contributed by atoms with Crippen LogP contribution < -0.4 is 10.5 Å². The minimum atomic E-state index is -4.90. The zero-order valence-electron chi connectivity index (χ0n) is 17.5. The molecule has 33 heavy (non-hydrogen) atoms. The highest BCUT2D eigenvalue weighted by molar-refractivity contribution is 6.32. The van der Waals surface area contributed by atoms with Crippen LogP contribution in [0.1, 0.15) is 24.0 Å². The predicted octanol–water partition coefficient (Wildman–Crippen LogP) is 4.85. The Labute approximate surface area is 193 Å². The van der Waals surface area contributed by atoms with Gasteiger partial charge in [-0.15, -0.1) is 13.2 Å². The highest BCUT2D eigenvalue weighted by Crippen LogP contribution is 2.35. The maximum atomic E-state index is 13.1. The number of nitrogen functional groups attached to an aromatic ring is 1. The fraction of sp³-hybridized carbons (Fsp3) is 0.348. The average Bonchev–Trinajstić information content (AvgIpc) is 3.00. The number of hydrogen-bond acceptors (Lipinski definition) is 4. The second-order valence-electron chi connectivity index (χ2n) is 8.24. The van der Waals surface area contributed by atoms with Crippen molar-refractivity contribution in [1.29, 1.82) is 0 Å². The number of piperazine rings is 1. The number of nitrogens with two attached hydrogens (primary N) is 1. The summed E-state index contributed by atoms with van der Waals surface area (Å²) in [6.07, 6.45) is -0.462. The van der Waals surface area contributed by atoms with Gasteiger partial charge in [0.1, 0.15) is 11.6 Å². The molecule has 0 aromatic heterocycles. The second kappa shape index (κ2) is 9.23. The van der Waals surface area contributed by atoms with Gasteiger partial charge in [0.2, 0.25) is 5.91 Å². The molecule has 2 N–H and O–H groups in total. The van der Waals surface area contributed by atoms with E-state index in [1.54, 1.807) is 12.1 Å². The summed E-state index contributed by atoms with van der Waals surface area (Å²) < 4.78 is 54.8. The Balaban J connectivity index is 1.43. The molecule has 2 saturated heterocycles. The lowest BCUT2D eigenvalue weighted by Gasteiger charge is -2.40. The zero-order valence-corrected chi connectivity index (χ0v) is 18.2. The van der Waals surface area contributed by atoms with Crippen molar-refractivity contribution >= 4 is 29.3 Å². The molecule has 1 amide bonds. The van der Waals surface area contributed by atoms with Gasteiger partial charge in [-0.1, -0.05) is 23.7 Å². The number of ether oxygens (including phenoxy) is 1. The molecule has 2 aromatic rings. The van der Waals surface area contributed by atoms with E-state index < -0.39 is 12.1 Å². The summed E-state index contributed by atoms with van der Waals surface area (Å²) in [6, 6.07) is 8.66. The first-order chi connectivity index (χ1) is 15.6. The number of carbonyl (C=O) groups excluding carboxylic acids is 1. The lowest BCUT2D eigenvalue weighted by Crippen LogP contribution is -2.55. The molecule has 0 radical (unpaired) electrons. The van der Waals surface area contributed by atoms with Crippen LogP contribution in [0, 0.1) is 5.82 Å². The lowest BCUT2D eigenvalue weighted by molar-refractivity contribution is -0.274. The third-order valence-electron chi connectivity index (χ3n) is 5.90. The van der Waals surface area contributed by atoms with Crippen molar-refractivity contribution in [3.8, 4) is 5.75 Å². The number of amides is 1. The van der Waals surface area contributed by atoms with Gasteiger partial charge in [-0.25, -0.2) is 4.39 Å². The van der Waals surface area contributed by atoms with Crippen molar-refractivity contribution in [2.75, 3.05) is 18.8 Å². The number of fused-ring (bicyclic) bond motifs is 2. The fourth-order valence-electron chi connectivity index (χ4n) is 4.51. The van der Waals surface area contributed by atoms with Crippen LogP contribution in [-0.2, 0) is 11.3 Å². The number of nitrogens with zero attached hydrogens (tertiary/aromatic N) is 2. The van der Waals surface area contributed by atoms with Crippen LogP contribution in [0.15, 0.2) is 42.5 Å². The molecule has 2 atom stereocenters. The zero-order chi connectivity index (χ0) is 23.8. The highest BCUT2D eigenvalue weighted by atomic mass is 35.5. The smallest absolute Gasteiger partial charge is 0.404 e. The van der Waals surface area contributed by atoms with Crippen molar-refractivity contribution in [3.05, 3.63) is 64.4 Å². The molecule has 0 spiro atoms. The molecule has 2 aliphatic rings. The van der Waals surface area contributed by atoms with Gasteiger partial charge in [-0.3, -0.25) is 9.69 Å². The molecule has 2 heterocycles. The number of hydrogen-bond donors (Lipinski definition) is 1. The van der Waals surface area contributed by atoms with Crippen LogP contribution >= 0.6 is 11.6 Å². The van der Waals surface area contributed by atoms with E-state index in [1.165, 1.54) is 24.3 Å². The van der Waals surface area contributed by atoms with Gasteiger partial charge in [-0.05, 0) is 48.7 Å². The topological polar surface area (TPSA) is 58.8 Å². The van der Waals surface area contributed by atoms with Crippen LogP contribution in [0.3, 0.4) is 0 Å². The average molecular weight is 484 g/mol. The van der Waals surface area contributed by atoms with Crippen molar-refractivity contribution in [2.24, 2.45) is 0 Å². The number of alkyl halides is 3. The first kappa shape index (κ1) is 23.4. The molecule has 10 heteroatoms. The van der Waals surface area contributed by atoms with Gasteiger partial charge < -0.3 is 15.4 Å². The molecule has 0 aliphatic carbocycles. The Kier molecular flexibility index (Phi) is 6.54. The fourth-order valence-corrected chi connectivity index (χ4v) is 4.72. The molecular weight excluding hydrogens is 462 g/mol. The molecule has 4 rings (SSSR count). The molecule has 2 unspecified atom stereocenters. The van der Waals surface area contributed by atoms with Crippen molar-refractivity contribution in [3.63, 3.8) is 0 Å². The van der Waals surface area contributed by atoms with Crippen LogP contribution in [-0.4, -0.2) is 47.2 Å². The van der Waals surface area contributed by atoms with Crippen molar-refractivity contribution in [2.45, 2.75) is 37.8 Å². The first-order valence-electron chi connectivity index (χ1n) is 10.4. The number of rotatable bonds is 5. The van der Waals surface area contributed by atoms with E-state index in [0.29, 0.717) is 19.6 Å². The predicted molar refractivity (Wildman–Crippen MR) is 117 cm³/mol. The largest absolute Gasteiger partial charge is 0.573 e. The summed E-state index contributed by atoms with van der Waals surface area (Å²) in [5.74, 6) is -1.09. The maximum absolute atomic E-state index is 13.1. The number of halogens is 5. The van der Waals surface area contributed by atoms with Crippen LogP contribution in [0.25, 0.3) is 6.08 Å². The molecule has 2 fully saturated rings. The SMILES string of the molecule is Nc1cc(Cl)c(OC(F)(F)F)cc1/C=C/C(=O)N1C2CCC1CN(Cc1ccc(F)cc1)C2. The normalized spacial score (nSPS) is 21.1. The Morgan fingerprint density at radius 1 is 1.15 bits per heavy atom. The van der Waals surface area contributed by atoms with Crippen LogP contribution in [0.4, 0.5) is 23.2 Å². The van der Waals surface area contributed by atoms with Crippen molar-refractivity contribution < 1.29 is 27.1 Å². The molecule has 5 nitrogen and oxygen atoms in total. The summed E-state index contributed by atoms with van der Waals surface area (Å²) >= 11 is 5.79. The molecular formula is C23H22ClF4N3O2. The minimum Gasteiger partial charge on any atom is -0.404 e. The quantitative estimate of drug-likeness (QED) is 0.375. The highest BCUT2D eigenvalue weighted by Gasteiger charge is 2.41. The summed E-state index contributed by atoms with van der Waals surface area (Å²) in [7, 11) is 0. The van der Waals surface area contributed by atoms with Gasteiger partial charge in [0.15, 0.2) is 0 Å². The Bertz CT molecular complexity index is 1040. The number of likely N-dealkylation sites (tertiary alicyclic amines) is 1. The third-order valence-corrected chi connectivity index (χ3v) is 6.20. The standard InChI is InChI=1S/C23H22ClF4N3O2/c24-19-10-20(29)15(9-21(19)33-23(26,27)28)3-8-22(32)31-17-6-7-18(31)13-30(12-17)11-14-1-4-16(25)5-2-14/h1-5,8-10,17-18H,6-7,11-13,29H2/b8-3+. The molecule has 2 bridgehead atoms. The molecule has 176 valence electrons. The minimum absolute atomic E-state index is 0.0352. The van der Waals surface area contributed by atoms with E-state index in [0.717, 1.165) is 30.5 Å². The van der Waals surface area contributed by atoms with E-state index in [4.69, 9.17) is 17.3 Å². The summed E-state index contributed by atoms with van der Waals surface area (Å²) in [6.45, 7) is 2.06. The molecule has 2 aromatic carbocycles. The van der Waals surface area contributed by atoms with Gasteiger partial charge >= 0.3 is 6.36 Å². The Morgan fingerprint density at radius 3 is 2.39 bits per heavy atom. The van der Waals surface area contributed by atoms with E-state index >= 15 is 0 Å². The number of benzene rings is 2. The second-order valence-corrected chi connectivity index (χ2v) is 8.65. The number of anilines is 1. The monoisotopic (exact) mass is 483 g/mol. The van der Waals surface area contributed by atoms with E-state index in [9.17, 15) is 22.4 Å². The first-order valence-corrected chi connectivity index (χ1v) is 10.8. The maximum Gasteiger partial charge on any atom is 0.573 e. The summed E-state index contributed by atoms with van der Waals surface area (Å²) in [5, 5.41) is -0.274. The Hall–Kier alpha value is -2.78. The van der Waals surface area contributed by atoms with Crippen molar-refractivity contribution in [1.82, 2.24) is 9.80 Å². The molecule has 0 saturated carbocycles. The lowest BCUT2D eigenvalue weighted by atomic mass is 10.1. The van der Waals surface area contributed by atoms with Crippen LogP contribution in [0.2, 0.25) is 5.02 Å². The third kappa shape index (κ3) is 5.59. The number of carbonyl (C=O) groups is 1. The van der Waals surface area contributed by atoms with Gasteiger partial charge in [0.05, 0.1) is 5.02 Å². The van der Waals surface area contributed by atoms with E-state index in [2.05, 4.69) is 9.64 Å². The Morgan fingerprint density at radius 2 is 1.79 bits per heavy atom. The summed E-state index contributed by atoms with van der Waals surface area (Å²) in [5.41, 5.74) is 7.20.